The van der Waals surface area contributed by atoms with Gasteiger partial charge in [-0.2, -0.15) is 0 Å². The Kier molecular flexibility index (Phi) is 11.2. The molecule has 0 amide bonds. The second-order valence-corrected chi connectivity index (χ2v) is 25.9. The maximum absolute atomic E-state index is 7.66. The van der Waals surface area contributed by atoms with Crippen LogP contribution < -0.4 is 21.7 Å². The van der Waals surface area contributed by atoms with E-state index in [4.69, 9.17) is 5.73 Å². The highest BCUT2D eigenvalue weighted by Gasteiger charge is 2.55. The zero-order valence-corrected chi connectivity index (χ0v) is 44.0. The fourth-order valence-electron chi connectivity index (χ4n) is 17.2. The Hall–Kier alpha value is -4.79. The van der Waals surface area contributed by atoms with Gasteiger partial charge in [0.1, 0.15) is 0 Å². The van der Waals surface area contributed by atoms with Crippen molar-refractivity contribution < 1.29 is 0 Å². The van der Waals surface area contributed by atoms with E-state index in [9.17, 15) is 0 Å². The van der Waals surface area contributed by atoms with Gasteiger partial charge in [-0.25, -0.2) is 0 Å². The number of thioether (sulfide) groups is 1. The number of hydrogen-bond donors (Lipinski definition) is 4. The van der Waals surface area contributed by atoms with Crippen molar-refractivity contribution in [3.8, 4) is 0 Å². The fraction of sp³-hybridized carbons (Fsp3) is 0.485. The van der Waals surface area contributed by atoms with Gasteiger partial charge < -0.3 is 15.5 Å². The van der Waals surface area contributed by atoms with Gasteiger partial charge in [0.25, 0.3) is 0 Å². The van der Waals surface area contributed by atoms with Crippen molar-refractivity contribution in [2.75, 3.05) is 0 Å². The molecule has 6 nitrogen and oxygen atoms in total. The Morgan fingerprint density at radius 2 is 1.59 bits per heavy atom. The normalized spacial score (nSPS) is 40.4. The molecule has 0 aromatic rings. The summed E-state index contributed by atoms with van der Waals surface area (Å²) in [5, 5.41) is 12.5. The smallest absolute Gasteiger partial charge is 0.0859 e. The zero-order valence-electron chi connectivity index (χ0n) is 43.2. The predicted molar refractivity (Wildman–Crippen MR) is 300 cm³/mol. The third-order valence-corrected chi connectivity index (χ3v) is 22.0. The SMILES string of the molecule is CC1(C)C2=C(CCC(N3C4=C(C5C=CC=CC53)C3C(C=C4)C4=C(CCCC4)N3C3CC=C(C4NC(C5=CC=C6SC7=C(C=CCC7)C6C5)NC(C5C=C(C6C=CCCC6)C=CC5)N4)C=C3N)C2)C2C=CC=CC21. The van der Waals surface area contributed by atoms with Crippen LogP contribution in [0, 0.1) is 46.8 Å². The van der Waals surface area contributed by atoms with E-state index in [-0.39, 0.29) is 30.0 Å². The van der Waals surface area contributed by atoms with Crippen molar-refractivity contribution in [3.63, 3.8) is 0 Å². The zero-order chi connectivity index (χ0) is 48.5. The van der Waals surface area contributed by atoms with Gasteiger partial charge in [-0.3, -0.25) is 16.0 Å². The number of rotatable bonds is 6. The van der Waals surface area contributed by atoms with Crippen molar-refractivity contribution in [1.82, 2.24) is 25.8 Å². The first-order valence-electron chi connectivity index (χ1n) is 29.0. The Bertz CT molecular complexity index is 2940. The molecule has 1 fully saturated rings. The van der Waals surface area contributed by atoms with Gasteiger partial charge in [0, 0.05) is 58.6 Å². The maximum atomic E-state index is 7.66. The molecule has 0 aromatic heterocycles. The number of allylic oxidation sites excluding steroid dienone is 21. The minimum atomic E-state index is -0.0281. The van der Waals surface area contributed by atoms with E-state index in [1.54, 1.807) is 38.5 Å². The Labute approximate surface area is 439 Å². The molecule has 73 heavy (non-hydrogen) atoms. The Morgan fingerprint density at radius 3 is 2.49 bits per heavy atom. The molecule has 5 N–H and O–H groups in total. The van der Waals surface area contributed by atoms with Crippen LogP contribution in [0.3, 0.4) is 0 Å². The number of fused-ring (bicyclic) bond motifs is 9. The van der Waals surface area contributed by atoms with E-state index in [2.05, 4.69) is 167 Å². The van der Waals surface area contributed by atoms with Crippen LogP contribution in [-0.2, 0) is 0 Å². The summed E-state index contributed by atoms with van der Waals surface area (Å²) in [6.45, 7) is 5.09. The summed E-state index contributed by atoms with van der Waals surface area (Å²) in [6, 6.07) is 1.28. The minimum Gasteiger partial charge on any atom is -0.400 e. The summed E-state index contributed by atoms with van der Waals surface area (Å²) in [4.78, 5) is 8.98. The number of nitrogens with two attached hydrogens (primary N) is 1. The summed E-state index contributed by atoms with van der Waals surface area (Å²) in [6.07, 6.45) is 69.5. The summed E-state index contributed by atoms with van der Waals surface area (Å²) < 4.78 is 0. The maximum Gasteiger partial charge on any atom is 0.0859 e. The van der Waals surface area contributed by atoms with Gasteiger partial charge in [0.15, 0.2) is 0 Å². The fourth-order valence-corrected chi connectivity index (χ4v) is 18.6. The third kappa shape index (κ3) is 7.35. The van der Waals surface area contributed by atoms with Crippen molar-refractivity contribution in [2.45, 2.75) is 153 Å². The van der Waals surface area contributed by atoms with Crippen LogP contribution in [-0.4, -0.2) is 52.5 Å². The molecule has 15 rings (SSSR count). The lowest BCUT2D eigenvalue weighted by atomic mass is 9.72. The van der Waals surface area contributed by atoms with Crippen LogP contribution in [0.5, 0.6) is 0 Å². The molecule has 376 valence electrons. The molecule has 1 saturated heterocycles. The second kappa shape index (κ2) is 17.9. The van der Waals surface area contributed by atoms with E-state index in [1.165, 1.54) is 98.0 Å². The number of nitrogens with zero attached hydrogens (tertiary/aromatic N) is 2. The average Bonchev–Trinajstić information content (AvgIpc) is 4.17. The predicted octanol–water partition coefficient (Wildman–Crippen LogP) is 13.0. The van der Waals surface area contributed by atoms with E-state index >= 15 is 0 Å². The first-order valence-corrected chi connectivity index (χ1v) is 29.8. The standard InChI is InChI=1S/C66H76N6S/c1-66(2)52-23-10-6-19-45(52)46-30-29-44(38-53(46)66)71-56-25-12-8-22-50(56)61-58(71)33-31-49-47-20-7-11-24-55(47)72(62(49)61)57-32-27-43(37-54(57)67)65-69-63(41-18-14-17-40(35-41)39-15-4-3-5-16-39)68-64(70-65)42-28-34-60-51(36-42)48-21-9-13-26-59(48)73-60/h4,6,8-10,12,14-15,17,19,21-23,25,27-28,31,33-35,37,39,41,44-45,49-52,56-57,62-65,68-70H,3,5,7,11,13,16,18,20,24,26,29-30,32,36,38,67H2,1-2H3. The van der Waals surface area contributed by atoms with Crippen molar-refractivity contribution in [2.24, 2.45) is 52.6 Å². The largest absolute Gasteiger partial charge is 0.400 e. The molecule has 0 bridgehead atoms. The lowest BCUT2D eigenvalue weighted by Crippen LogP contribution is -2.70. The molecule has 0 saturated carbocycles. The molecule has 0 radical (unpaired) electrons. The molecule has 15 aliphatic rings. The molecule has 14 atom stereocenters. The second-order valence-electron chi connectivity index (χ2n) is 24.8. The van der Waals surface area contributed by atoms with Crippen LogP contribution >= 0.6 is 11.8 Å². The van der Waals surface area contributed by atoms with Gasteiger partial charge in [0.05, 0.1) is 36.6 Å². The lowest BCUT2D eigenvalue weighted by Gasteiger charge is -2.46. The van der Waals surface area contributed by atoms with Gasteiger partial charge >= 0.3 is 0 Å². The van der Waals surface area contributed by atoms with Crippen molar-refractivity contribution >= 4 is 11.8 Å². The summed E-state index contributed by atoms with van der Waals surface area (Å²) in [5.41, 5.74) is 24.7. The Balaban J connectivity index is 0.741. The molecule has 4 aliphatic heterocycles. The summed E-state index contributed by atoms with van der Waals surface area (Å²) in [7, 11) is 0. The molecular weight excluding hydrogens is 909 g/mol. The van der Waals surface area contributed by atoms with E-state index in [0.29, 0.717) is 59.6 Å². The molecule has 0 aromatic carbocycles. The number of nitrogens with one attached hydrogen (secondary N) is 3. The van der Waals surface area contributed by atoms with Crippen LogP contribution in [0.1, 0.15) is 110 Å². The van der Waals surface area contributed by atoms with Crippen molar-refractivity contribution in [3.05, 3.63) is 199 Å². The number of hydrogen-bond acceptors (Lipinski definition) is 7. The highest BCUT2D eigenvalue weighted by atomic mass is 32.2. The third-order valence-electron chi connectivity index (χ3n) is 20.7. The molecule has 7 heteroatoms. The monoisotopic (exact) mass is 985 g/mol. The van der Waals surface area contributed by atoms with Crippen LogP contribution in [0.4, 0.5) is 0 Å². The highest BCUT2D eigenvalue weighted by Crippen LogP contribution is 2.60. The molecular formula is C66H76N6S. The van der Waals surface area contributed by atoms with Gasteiger partial charge in [-0.1, -0.05) is 152 Å². The van der Waals surface area contributed by atoms with Crippen LogP contribution in [0.2, 0.25) is 0 Å². The molecule has 4 heterocycles. The lowest BCUT2D eigenvalue weighted by molar-refractivity contribution is 0.194. The van der Waals surface area contributed by atoms with Gasteiger partial charge in [-0.15, -0.1) is 0 Å². The minimum absolute atomic E-state index is 0.0281. The first-order chi connectivity index (χ1) is 35.9. The van der Waals surface area contributed by atoms with E-state index in [0.717, 1.165) is 31.4 Å². The van der Waals surface area contributed by atoms with Gasteiger partial charge in [-0.05, 0) is 163 Å². The van der Waals surface area contributed by atoms with E-state index in [1.807, 2.05) is 11.8 Å². The quantitative estimate of drug-likeness (QED) is 0.198. The Morgan fingerprint density at radius 1 is 0.712 bits per heavy atom. The van der Waals surface area contributed by atoms with E-state index < -0.39 is 0 Å². The molecule has 11 aliphatic carbocycles. The first kappa shape index (κ1) is 45.6. The summed E-state index contributed by atoms with van der Waals surface area (Å²) in [5.74, 6) is 3.30. The molecule has 0 spiro atoms. The average molecular weight is 985 g/mol. The topological polar surface area (TPSA) is 68.6 Å². The van der Waals surface area contributed by atoms with Crippen LogP contribution in [0.15, 0.2) is 199 Å². The van der Waals surface area contributed by atoms with Crippen molar-refractivity contribution in [1.29, 1.82) is 0 Å². The highest BCUT2D eigenvalue weighted by molar-refractivity contribution is 8.07. The summed E-state index contributed by atoms with van der Waals surface area (Å²) >= 11 is 2.05. The van der Waals surface area contributed by atoms with Gasteiger partial charge in [0.2, 0.25) is 0 Å². The van der Waals surface area contributed by atoms with Crippen LogP contribution in [0.25, 0.3) is 0 Å². The molecule has 14 unspecified atom stereocenters.